The number of fused-ring (bicyclic) bond motifs is 5. The van der Waals surface area contributed by atoms with E-state index < -0.39 is 5.97 Å². The smallest absolute Gasteiger partial charge is 0.326 e. The Kier molecular flexibility index (Phi) is 3.69. The lowest BCUT2D eigenvalue weighted by Gasteiger charge is -2.10. The first-order valence-corrected chi connectivity index (χ1v) is 8.22. The third kappa shape index (κ3) is 2.46. The van der Waals surface area contributed by atoms with E-state index in [1.54, 1.807) is 41.8 Å². The molecule has 4 rings (SSSR count). The molecule has 7 heteroatoms. The van der Waals surface area contributed by atoms with Crippen molar-refractivity contribution >= 4 is 45.2 Å². The molecule has 0 N–H and O–H groups in total. The summed E-state index contributed by atoms with van der Waals surface area (Å²) in [6, 6.07) is 10.7. The average molecular weight is 356 g/mol. The van der Waals surface area contributed by atoms with Gasteiger partial charge < -0.3 is 4.74 Å². The Labute approximate surface area is 147 Å². The number of hydrogen-bond donors (Lipinski definition) is 0. The van der Waals surface area contributed by atoms with Gasteiger partial charge >= 0.3 is 5.97 Å². The third-order valence-corrected chi connectivity index (χ3v) is 4.29. The fraction of sp³-hybridized carbons (Fsp3) is 0.167. The van der Waals surface area contributed by atoms with Crippen LogP contribution in [0.25, 0.3) is 27.6 Å². The monoisotopic (exact) mass is 355 g/mol. The summed E-state index contributed by atoms with van der Waals surface area (Å²) in [6.07, 6.45) is 1.68. The topological polar surface area (TPSA) is 65.6 Å². The zero-order chi connectivity index (χ0) is 17.6. The highest BCUT2D eigenvalue weighted by molar-refractivity contribution is 6.30. The van der Waals surface area contributed by atoms with Crippen molar-refractivity contribution in [2.45, 2.75) is 13.5 Å². The molecule has 0 saturated carbocycles. The van der Waals surface area contributed by atoms with Crippen LogP contribution in [0, 0.1) is 0 Å². The minimum absolute atomic E-state index is 0.186. The molecular weight excluding hydrogens is 342 g/mol. The van der Waals surface area contributed by atoms with E-state index in [9.17, 15) is 9.59 Å². The lowest BCUT2D eigenvalue weighted by molar-refractivity contribution is -0.143. The Morgan fingerprint density at radius 1 is 1.20 bits per heavy atom. The first-order chi connectivity index (χ1) is 12.1. The van der Waals surface area contributed by atoms with Crippen LogP contribution in [0.5, 0.6) is 0 Å². The highest BCUT2D eigenvalue weighted by atomic mass is 35.5. The maximum atomic E-state index is 13.0. The molecule has 0 amide bonds. The van der Waals surface area contributed by atoms with E-state index in [0.717, 1.165) is 5.39 Å². The fourth-order valence-electron chi connectivity index (χ4n) is 3.05. The molecule has 0 unspecified atom stereocenters. The molecule has 0 bridgehead atoms. The van der Waals surface area contributed by atoms with Crippen molar-refractivity contribution < 1.29 is 9.53 Å². The number of hydrogen-bond acceptors (Lipinski definition) is 4. The second-order valence-electron chi connectivity index (χ2n) is 5.60. The van der Waals surface area contributed by atoms with Crippen molar-refractivity contribution in [2.24, 2.45) is 0 Å². The Bertz CT molecular complexity index is 1190. The largest absolute Gasteiger partial charge is 0.465 e. The molecule has 1 aromatic carbocycles. The van der Waals surface area contributed by atoms with Gasteiger partial charge in [-0.05, 0) is 25.1 Å². The highest BCUT2D eigenvalue weighted by Gasteiger charge is 2.18. The van der Waals surface area contributed by atoms with Gasteiger partial charge in [0.25, 0.3) is 5.56 Å². The van der Waals surface area contributed by atoms with Gasteiger partial charge in [0.15, 0.2) is 0 Å². The van der Waals surface area contributed by atoms with Gasteiger partial charge in [-0.1, -0.05) is 29.8 Å². The van der Waals surface area contributed by atoms with Crippen molar-refractivity contribution in [3.8, 4) is 0 Å². The van der Waals surface area contributed by atoms with E-state index in [4.69, 9.17) is 16.3 Å². The molecule has 6 nitrogen and oxygen atoms in total. The van der Waals surface area contributed by atoms with Gasteiger partial charge in [-0.15, -0.1) is 0 Å². The van der Waals surface area contributed by atoms with Crippen LogP contribution in [0.4, 0.5) is 0 Å². The Morgan fingerprint density at radius 3 is 2.72 bits per heavy atom. The van der Waals surface area contributed by atoms with Gasteiger partial charge in [-0.2, -0.15) is 0 Å². The third-order valence-electron chi connectivity index (χ3n) is 4.06. The van der Waals surface area contributed by atoms with E-state index in [0.29, 0.717) is 27.2 Å². The van der Waals surface area contributed by atoms with E-state index in [1.165, 1.54) is 4.57 Å². The fourth-order valence-corrected chi connectivity index (χ4v) is 3.21. The number of rotatable bonds is 3. The van der Waals surface area contributed by atoms with Gasteiger partial charge in [-0.3, -0.25) is 18.6 Å². The summed E-state index contributed by atoms with van der Waals surface area (Å²) >= 11 is 6.11. The van der Waals surface area contributed by atoms with Crippen LogP contribution in [-0.4, -0.2) is 26.5 Å². The van der Waals surface area contributed by atoms with Gasteiger partial charge in [0.2, 0.25) is 0 Å². The van der Waals surface area contributed by atoms with Gasteiger partial charge in [0.05, 0.1) is 11.6 Å². The number of benzene rings is 1. The molecule has 0 radical (unpaired) electrons. The predicted octanol–water partition coefficient (Wildman–Crippen LogP) is 3.02. The summed E-state index contributed by atoms with van der Waals surface area (Å²) in [4.78, 5) is 29.7. The van der Waals surface area contributed by atoms with Crippen LogP contribution in [0.2, 0.25) is 5.02 Å². The standard InChI is InChI=1S/C18H14ClN3O3/c1-2-25-15(23)10-22-17-16(12-5-3-4-6-13(12)18(22)24)20-14-8-7-11(19)9-21(14)17/h3-9H,2,10H2,1H3. The van der Waals surface area contributed by atoms with E-state index in [2.05, 4.69) is 4.98 Å². The molecule has 3 heterocycles. The number of nitrogens with zero attached hydrogens (tertiary/aromatic N) is 3. The molecule has 0 fully saturated rings. The number of imidazole rings is 1. The lowest BCUT2D eigenvalue weighted by atomic mass is 10.1. The van der Waals surface area contributed by atoms with Crippen molar-refractivity contribution in [1.82, 2.24) is 14.0 Å². The number of carbonyl (C=O) groups excluding carboxylic acids is 1. The second-order valence-corrected chi connectivity index (χ2v) is 6.04. The normalized spacial score (nSPS) is 11.4. The molecule has 0 aliphatic heterocycles. The van der Waals surface area contributed by atoms with Crippen molar-refractivity contribution in [3.63, 3.8) is 0 Å². The molecule has 0 atom stereocenters. The van der Waals surface area contributed by atoms with Crippen LogP contribution in [0.15, 0.2) is 47.4 Å². The van der Waals surface area contributed by atoms with Gasteiger partial charge in [0.1, 0.15) is 23.4 Å². The minimum Gasteiger partial charge on any atom is -0.465 e. The summed E-state index contributed by atoms with van der Waals surface area (Å²) in [7, 11) is 0. The molecule has 0 aliphatic rings. The van der Waals surface area contributed by atoms with Crippen LogP contribution in [-0.2, 0) is 16.1 Å². The Balaban J connectivity index is 2.17. The molecule has 4 aromatic rings. The second kappa shape index (κ2) is 5.89. The molecule has 0 aliphatic carbocycles. The SMILES string of the molecule is CCOC(=O)Cn1c(=O)c2ccccc2c2nc3ccc(Cl)cn3c21. The molecule has 3 aromatic heterocycles. The first kappa shape index (κ1) is 15.7. The summed E-state index contributed by atoms with van der Waals surface area (Å²) in [5, 5.41) is 1.76. The number of halogens is 1. The van der Waals surface area contributed by atoms with E-state index in [-0.39, 0.29) is 18.7 Å². The predicted molar refractivity (Wildman–Crippen MR) is 96.1 cm³/mol. The van der Waals surface area contributed by atoms with Crippen LogP contribution < -0.4 is 5.56 Å². The maximum Gasteiger partial charge on any atom is 0.326 e. The summed E-state index contributed by atoms with van der Waals surface area (Å²) in [6.45, 7) is 1.79. The van der Waals surface area contributed by atoms with E-state index >= 15 is 0 Å². The van der Waals surface area contributed by atoms with Crippen molar-refractivity contribution in [3.05, 3.63) is 58.0 Å². The van der Waals surface area contributed by atoms with Crippen LogP contribution >= 0.6 is 11.6 Å². The Morgan fingerprint density at radius 2 is 1.96 bits per heavy atom. The first-order valence-electron chi connectivity index (χ1n) is 7.84. The van der Waals surface area contributed by atoms with Gasteiger partial charge in [0, 0.05) is 17.0 Å². The molecular formula is C18H14ClN3O3. The number of aromatic nitrogens is 3. The average Bonchev–Trinajstić information content (AvgIpc) is 2.97. The summed E-state index contributed by atoms with van der Waals surface area (Å²) in [5.41, 5.74) is 1.54. The van der Waals surface area contributed by atoms with Crippen LogP contribution in [0.1, 0.15) is 6.92 Å². The number of carbonyl (C=O) groups is 1. The quantitative estimate of drug-likeness (QED) is 0.530. The number of ether oxygens (including phenoxy) is 1. The zero-order valence-corrected chi connectivity index (χ0v) is 14.2. The number of pyridine rings is 2. The van der Waals surface area contributed by atoms with Crippen molar-refractivity contribution in [1.29, 1.82) is 0 Å². The Hall–Kier alpha value is -2.86. The maximum absolute atomic E-state index is 13.0. The zero-order valence-electron chi connectivity index (χ0n) is 13.4. The van der Waals surface area contributed by atoms with E-state index in [1.807, 2.05) is 12.1 Å². The van der Waals surface area contributed by atoms with Crippen molar-refractivity contribution in [2.75, 3.05) is 6.61 Å². The molecule has 25 heavy (non-hydrogen) atoms. The number of esters is 1. The summed E-state index contributed by atoms with van der Waals surface area (Å²) in [5.74, 6) is -0.474. The van der Waals surface area contributed by atoms with Crippen LogP contribution in [0.3, 0.4) is 0 Å². The molecule has 0 spiro atoms. The molecule has 126 valence electrons. The van der Waals surface area contributed by atoms with Gasteiger partial charge in [-0.25, -0.2) is 4.98 Å². The molecule has 0 saturated heterocycles. The summed E-state index contributed by atoms with van der Waals surface area (Å²) < 4.78 is 8.14. The lowest BCUT2D eigenvalue weighted by Crippen LogP contribution is -2.26. The highest BCUT2D eigenvalue weighted by Crippen LogP contribution is 2.25. The minimum atomic E-state index is -0.474.